The molecule has 0 unspecified atom stereocenters. The summed E-state index contributed by atoms with van der Waals surface area (Å²) < 4.78 is 10.7. The van der Waals surface area contributed by atoms with Crippen LogP contribution < -0.4 is 14.4 Å². The van der Waals surface area contributed by atoms with E-state index < -0.39 is 0 Å². The molecule has 2 aliphatic rings. The van der Waals surface area contributed by atoms with Crippen molar-refractivity contribution >= 4 is 35.0 Å². The van der Waals surface area contributed by atoms with E-state index in [0.717, 1.165) is 16.8 Å². The van der Waals surface area contributed by atoms with E-state index >= 15 is 0 Å². The highest BCUT2D eigenvalue weighted by Crippen LogP contribution is 2.34. The van der Waals surface area contributed by atoms with Crippen LogP contribution in [0.4, 0.5) is 5.69 Å². The fourth-order valence-electron chi connectivity index (χ4n) is 3.01. The molecule has 0 aliphatic carbocycles. The van der Waals surface area contributed by atoms with Crippen molar-refractivity contribution in [3.8, 4) is 11.5 Å². The SMILES string of the molecule is Cc1ccc(N2C(=O)/C(=C\c3ccc4c(c3)OCO4)N(C)C2=S)cc1C. The van der Waals surface area contributed by atoms with E-state index in [1.165, 1.54) is 5.56 Å². The zero-order chi connectivity index (χ0) is 18.4. The van der Waals surface area contributed by atoms with Crippen LogP contribution in [-0.4, -0.2) is 29.8 Å². The second-order valence-corrected chi connectivity index (χ2v) is 6.76. The van der Waals surface area contributed by atoms with Crippen molar-refractivity contribution in [2.75, 3.05) is 18.7 Å². The summed E-state index contributed by atoms with van der Waals surface area (Å²) in [5.74, 6) is 1.25. The monoisotopic (exact) mass is 366 g/mol. The normalized spacial score (nSPS) is 17.6. The molecule has 5 nitrogen and oxygen atoms in total. The Kier molecular flexibility index (Phi) is 3.92. The molecule has 2 aromatic carbocycles. The van der Waals surface area contributed by atoms with Crippen LogP contribution in [0.3, 0.4) is 0 Å². The van der Waals surface area contributed by atoms with Gasteiger partial charge in [-0.2, -0.15) is 0 Å². The second kappa shape index (κ2) is 6.14. The molecule has 2 heterocycles. The van der Waals surface area contributed by atoms with Crippen LogP contribution >= 0.6 is 12.2 Å². The zero-order valence-electron chi connectivity index (χ0n) is 14.8. The molecule has 1 saturated heterocycles. The number of benzene rings is 2. The Morgan fingerprint density at radius 2 is 1.81 bits per heavy atom. The number of likely N-dealkylation sites (N-methyl/N-ethyl adjacent to an activating group) is 1. The predicted molar refractivity (Wildman–Crippen MR) is 104 cm³/mol. The minimum absolute atomic E-state index is 0.140. The minimum atomic E-state index is -0.140. The van der Waals surface area contributed by atoms with E-state index in [0.29, 0.717) is 22.3 Å². The Bertz CT molecular complexity index is 968. The number of fused-ring (bicyclic) bond motifs is 1. The lowest BCUT2D eigenvalue weighted by molar-refractivity contribution is -0.114. The lowest BCUT2D eigenvalue weighted by Crippen LogP contribution is -2.31. The summed E-state index contributed by atoms with van der Waals surface area (Å²) in [5, 5.41) is 0.463. The average molecular weight is 366 g/mol. The standard InChI is InChI=1S/C20H18N2O3S/c1-12-4-6-15(8-13(12)2)22-19(23)16(21(3)20(22)26)9-14-5-7-17-18(10-14)25-11-24-17/h4-10H,11H2,1-3H3/b16-9+. The van der Waals surface area contributed by atoms with Crippen LogP contribution in [0.5, 0.6) is 11.5 Å². The predicted octanol–water partition coefficient (Wildman–Crippen LogP) is 3.64. The van der Waals surface area contributed by atoms with E-state index in [1.807, 2.05) is 56.3 Å². The number of rotatable bonds is 2. The third-order valence-corrected chi connectivity index (χ3v) is 5.17. The van der Waals surface area contributed by atoms with Gasteiger partial charge in [0.05, 0.1) is 5.69 Å². The molecule has 2 aromatic rings. The molecule has 0 bridgehead atoms. The van der Waals surface area contributed by atoms with Crippen LogP contribution in [0.25, 0.3) is 6.08 Å². The van der Waals surface area contributed by atoms with Crippen LogP contribution in [0.1, 0.15) is 16.7 Å². The Labute approximate surface area is 157 Å². The number of carbonyl (C=O) groups excluding carboxylic acids is 1. The molecule has 0 saturated carbocycles. The maximum Gasteiger partial charge on any atom is 0.281 e. The number of nitrogens with zero attached hydrogens (tertiary/aromatic N) is 2. The molecule has 1 fully saturated rings. The van der Waals surface area contributed by atoms with Crippen molar-refractivity contribution < 1.29 is 14.3 Å². The number of hydrogen-bond donors (Lipinski definition) is 0. The number of thiocarbonyl (C=S) groups is 1. The molecular weight excluding hydrogens is 348 g/mol. The smallest absolute Gasteiger partial charge is 0.281 e. The molecule has 0 aromatic heterocycles. The number of carbonyl (C=O) groups is 1. The van der Waals surface area contributed by atoms with Crippen LogP contribution in [0, 0.1) is 13.8 Å². The summed E-state index contributed by atoms with van der Waals surface area (Å²) in [5.41, 5.74) is 4.45. The molecule has 4 rings (SSSR count). The van der Waals surface area contributed by atoms with E-state index in [2.05, 4.69) is 0 Å². The number of hydrogen-bond acceptors (Lipinski definition) is 4. The summed E-state index contributed by atoms with van der Waals surface area (Å²) in [6.45, 7) is 4.29. The third-order valence-electron chi connectivity index (χ3n) is 4.71. The maximum atomic E-state index is 13.0. The number of anilines is 1. The fourth-order valence-corrected chi connectivity index (χ4v) is 3.30. The van der Waals surface area contributed by atoms with Crippen LogP contribution in [0.2, 0.25) is 0 Å². The summed E-state index contributed by atoms with van der Waals surface area (Å²) in [6, 6.07) is 11.5. The Balaban J connectivity index is 1.70. The Morgan fingerprint density at radius 3 is 2.58 bits per heavy atom. The topological polar surface area (TPSA) is 42.0 Å². The summed E-state index contributed by atoms with van der Waals surface area (Å²) in [4.78, 5) is 16.3. The molecule has 6 heteroatoms. The van der Waals surface area contributed by atoms with Crippen molar-refractivity contribution in [2.24, 2.45) is 0 Å². The molecule has 26 heavy (non-hydrogen) atoms. The first-order chi connectivity index (χ1) is 12.5. The molecular formula is C20H18N2O3S. The van der Waals surface area contributed by atoms with Gasteiger partial charge in [-0.15, -0.1) is 0 Å². The number of aryl methyl sites for hydroxylation is 2. The van der Waals surface area contributed by atoms with Gasteiger partial charge in [0.15, 0.2) is 16.6 Å². The third kappa shape index (κ3) is 2.63. The van der Waals surface area contributed by atoms with Gasteiger partial charge in [-0.3, -0.25) is 9.69 Å². The van der Waals surface area contributed by atoms with E-state index in [4.69, 9.17) is 21.7 Å². The van der Waals surface area contributed by atoms with Gasteiger partial charge in [-0.25, -0.2) is 0 Å². The van der Waals surface area contributed by atoms with E-state index in [1.54, 1.807) is 16.8 Å². The summed E-state index contributed by atoms with van der Waals surface area (Å²) in [7, 11) is 1.81. The molecule has 132 valence electrons. The van der Waals surface area contributed by atoms with Gasteiger partial charge in [-0.05, 0) is 73.1 Å². The largest absolute Gasteiger partial charge is 0.454 e. The first-order valence-electron chi connectivity index (χ1n) is 8.26. The first kappa shape index (κ1) is 16.6. The zero-order valence-corrected chi connectivity index (χ0v) is 15.6. The van der Waals surface area contributed by atoms with E-state index in [9.17, 15) is 4.79 Å². The lowest BCUT2D eigenvalue weighted by Gasteiger charge is -2.17. The van der Waals surface area contributed by atoms with Crippen molar-refractivity contribution in [1.82, 2.24) is 4.90 Å². The Hall–Kier alpha value is -2.86. The van der Waals surface area contributed by atoms with Gasteiger partial charge in [-0.1, -0.05) is 12.1 Å². The molecule has 0 spiro atoms. The van der Waals surface area contributed by atoms with Gasteiger partial charge in [0, 0.05) is 7.05 Å². The second-order valence-electron chi connectivity index (χ2n) is 6.39. The average Bonchev–Trinajstić information content (AvgIpc) is 3.16. The summed E-state index contributed by atoms with van der Waals surface area (Å²) >= 11 is 5.52. The highest BCUT2D eigenvalue weighted by Gasteiger charge is 2.36. The van der Waals surface area contributed by atoms with Gasteiger partial charge < -0.3 is 14.4 Å². The minimum Gasteiger partial charge on any atom is -0.454 e. The molecule has 2 aliphatic heterocycles. The van der Waals surface area contributed by atoms with Gasteiger partial charge in [0.2, 0.25) is 6.79 Å². The molecule has 1 amide bonds. The van der Waals surface area contributed by atoms with E-state index in [-0.39, 0.29) is 12.7 Å². The van der Waals surface area contributed by atoms with Gasteiger partial charge >= 0.3 is 0 Å². The lowest BCUT2D eigenvalue weighted by atomic mass is 10.1. The number of amides is 1. The fraction of sp³-hybridized carbons (Fsp3) is 0.200. The van der Waals surface area contributed by atoms with Crippen molar-refractivity contribution in [3.05, 3.63) is 58.8 Å². The Morgan fingerprint density at radius 1 is 1.04 bits per heavy atom. The van der Waals surface area contributed by atoms with Crippen molar-refractivity contribution in [2.45, 2.75) is 13.8 Å². The molecule has 0 N–H and O–H groups in total. The van der Waals surface area contributed by atoms with Crippen molar-refractivity contribution in [3.63, 3.8) is 0 Å². The maximum absolute atomic E-state index is 13.0. The van der Waals surface area contributed by atoms with Crippen molar-refractivity contribution in [1.29, 1.82) is 0 Å². The molecule has 0 radical (unpaired) electrons. The van der Waals surface area contributed by atoms with Gasteiger partial charge in [0.1, 0.15) is 5.70 Å². The summed E-state index contributed by atoms with van der Waals surface area (Å²) in [6.07, 6.45) is 1.82. The highest BCUT2D eigenvalue weighted by molar-refractivity contribution is 7.80. The van der Waals surface area contributed by atoms with Crippen LogP contribution in [0.15, 0.2) is 42.1 Å². The highest BCUT2D eigenvalue weighted by atomic mass is 32.1. The quantitative estimate of drug-likeness (QED) is 0.600. The first-order valence-corrected chi connectivity index (χ1v) is 8.67. The molecule has 0 atom stereocenters. The van der Waals surface area contributed by atoms with Gasteiger partial charge in [0.25, 0.3) is 5.91 Å². The van der Waals surface area contributed by atoms with Crippen LogP contribution in [-0.2, 0) is 4.79 Å². The number of ether oxygens (including phenoxy) is 2.